The minimum atomic E-state index is -0.0351. The van der Waals surface area contributed by atoms with Crippen LogP contribution in [0, 0.1) is 5.92 Å². The highest BCUT2D eigenvalue weighted by atomic mass is 16.5. The van der Waals surface area contributed by atoms with Crippen LogP contribution >= 0.6 is 0 Å². The number of hydrogen-bond donors (Lipinski definition) is 0. The van der Waals surface area contributed by atoms with E-state index in [4.69, 9.17) is 4.74 Å². The number of methoxy groups -OCH3 is 1. The molecule has 2 unspecified atom stereocenters. The molecule has 3 aromatic heterocycles. The van der Waals surface area contributed by atoms with Crippen molar-refractivity contribution in [1.82, 2.24) is 24.1 Å². The zero-order valence-electron chi connectivity index (χ0n) is 16.6. The van der Waals surface area contributed by atoms with Crippen molar-refractivity contribution in [2.24, 2.45) is 5.92 Å². The van der Waals surface area contributed by atoms with Gasteiger partial charge in [0.15, 0.2) is 0 Å². The number of fused-ring (bicyclic) bond motifs is 2. The molecule has 2 atom stereocenters. The fraction of sp³-hybridized carbons (Fsp3) is 0.364. The fourth-order valence-electron chi connectivity index (χ4n) is 4.60. The maximum Gasteiger partial charge on any atom is 0.262 e. The predicted octanol–water partition coefficient (Wildman–Crippen LogP) is 3.87. The monoisotopic (exact) mass is 389 g/mol. The SMILES string of the molecule is COc1ccccc1-c1c2c(=O)n(C3CCCCC3C)ccc2nc2ncnn12. The van der Waals surface area contributed by atoms with Crippen LogP contribution in [0.5, 0.6) is 5.75 Å². The molecule has 0 saturated heterocycles. The maximum absolute atomic E-state index is 13.8. The van der Waals surface area contributed by atoms with Crippen molar-refractivity contribution in [3.8, 4) is 17.0 Å². The third kappa shape index (κ3) is 2.80. The van der Waals surface area contributed by atoms with E-state index in [0.29, 0.717) is 34.0 Å². The smallest absolute Gasteiger partial charge is 0.262 e. The van der Waals surface area contributed by atoms with Gasteiger partial charge in [-0.3, -0.25) is 4.79 Å². The minimum absolute atomic E-state index is 0.0351. The predicted molar refractivity (Wildman–Crippen MR) is 111 cm³/mol. The van der Waals surface area contributed by atoms with E-state index in [2.05, 4.69) is 22.0 Å². The lowest BCUT2D eigenvalue weighted by Gasteiger charge is -2.30. The van der Waals surface area contributed by atoms with Gasteiger partial charge in [0.25, 0.3) is 11.3 Å². The van der Waals surface area contributed by atoms with Crippen LogP contribution in [0.2, 0.25) is 0 Å². The van der Waals surface area contributed by atoms with Crippen molar-refractivity contribution in [2.45, 2.75) is 38.6 Å². The first-order valence-electron chi connectivity index (χ1n) is 10.1. The molecule has 3 heterocycles. The average molecular weight is 389 g/mol. The Morgan fingerprint density at radius 2 is 1.97 bits per heavy atom. The highest BCUT2D eigenvalue weighted by Crippen LogP contribution is 2.35. The molecule has 0 bridgehead atoms. The molecule has 148 valence electrons. The van der Waals surface area contributed by atoms with Gasteiger partial charge >= 0.3 is 0 Å². The molecule has 1 saturated carbocycles. The zero-order chi connectivity index (χ0) is 20.0. The summed E-state index contributed by atoms with van der Waals surface area (Å²) in [5, 5.41) is 4.91. The van der Waals surface area contributed by atoms with Crippen molar-refractivity contribution >= 4 is 16.7 Å². The second kappa shape index (κ2) is 6.99. The molecule has 1 aromatic carbocycles. The van der Waals surface area contributed by atoms with Crippen LogP contribution in [0.3, 0.4) is 0 Å². The summed E-state index contributed by atoms with van der Waals surface area (Å²) in [6, 6.07) is 9.79. The Bertz CT molecular complexity index is 1260. The largest absolute Gasteiger partial charge is 0.496 e. The van der Waals surface area contributed by atoms with E-state index >= 15 is 0 Å². The van der Waals surface area contributed by atoms with Crippen LogP contribution < -0.4 is 10.3 Å². The average Bonchev–Trinajstić information content (AvgIpc) is 3.21. The van der Waals surface area contributed by atoms with E-state index in [1.807, 2.05) is 41.1 Å². The molecule has 0 spiro atoms. The number of rotatable bonds is 3. The molecule has 0 N–H and O–H groups in total. The van der Waals surface area contributed by atoms with Crippen molar-refractivity contribution < 1.29 is 4.74 Å². The summed E-state index contributed by atoms with van der Waals surface area (Å²) in [6.07, 6.45) is 7.90. The van der Waals surface area contributed by atoms with E-state index in [-0.39, 0.29) is 11.6 Å². The highest BCUT2D eigenvalue weighted by molar-refractivity contribution is 5.94. The number of hydrogen-bond acceptors (Lipinski definition) is 5. The first-order valence-corrected chi connectivity index (χ1v) is 10.1. The summed E-state index contributed by atoms with van der Waals surface area (Å²) < 4.78 is 9.12. The van der Waals surface area contributed by atoms with Crippen molar-refractivity contribution in [3.05, 3.63) is 53.2 Å². The van der Waals surface area contributed by atoms with Gasteiger partial charge in [0.2, 0.25) is 0 Å². The van der Waals surface area contributed by atoms with Crippen LogP contribution in [-0.4, -0.2) is 31.3 Å². The summed E-state index contributed by atoms with van der Waals surface area (Å²) in [7, 11) is 1.63. The lowest BCUT2D eigenvalue weighted by atomic mass is 9.85. The van der Waals surface area contributed by atoms with E-state index in [1.165, 1.54) is 12.7 Å². The van der Waals surface area contributed by atoms with E-state index in [9.17, 15) is 4.79 Å². The van der Waals surface area contributed by atoms with Crippen LogP contribution in [0.15, 0.2) is 47.7 Å². The summed E-state index contributed by atoms with van der Waals surface area (Å²) in [5.74, 6) is 1.61. The Morgan fingerprint density at radius 3 is 2.79 bits per heavy atom. The number of benzene rings is 1. The lowest BCUT2D eigenvalue weighted by Crippen LogP contribution is -2.31. The van der Waals surface area contributed by atoms with Crippen LogP contribution in [0.4, 0.5) is 0 Å². The van der Waals surface area contributed by atoms with Crippen molar-refractivity contribution in [1.29, 1.82) is 0 Å². The summed E-state index contributed by atoms with van der Waals surface area (Å²) in [6.45, 7) is 2.24. The number of pyridine rings is 1. The van der Waals surface area contributed by atoms with Gasteiger partial charge in [0.05, 0.1) is 23.7 Å². The van der Waals surface area contributed by atoms with Crippen LogP contribution in [0.25, 0.3) is 27.9 Å². The molecule has 4 aromatic rings. The van der Waals surface area contributed by atoms with E-state index in [1.54, 1.807) is 11.6 Å². The standard InChI is InChI=1S/C22H23N5O2/c1-14-7-3-5-9-17(14)26-12-11-16-19(21(26)28)20(27-22(25-16)23-13-24-27)15-8-4-6-10-18(15)29-2/h4,6,8,10-14,17H,3,5,7,9H2,1-2H3. The summed E-state index contributed by atoms with van der Waals surface area (Å²) in [5.41, 5.74) is 2.05. The number of ether oxygens (including phenoxy) is 1. The number of para-hydroxylation sites is 1. The lowest BCUT2D eigenvalue weighted by molar-refractivity contribution is 0.253. The molecule has 7 nitrogen and oxygen atoms in total. The van der Waals surface area contributed by atoms with Crippen LogP contribution in [0.1, 0.15) is 38.6 Å². The van der Waals surface area contributed by atoms with E-state index in [0.717, 1.165) is 24.8 Å². The topological polar surface area (TPSA) is 74.3 Å². The number of aromatic nitrogens is 5. The molecular weight excluding hydrogens is 366 g/mol. The molecular formula is C22H23N5O2. The van der Waals surface area contributed by atoms with Gasteiger partial charge < -0.3 is 9.30 Å². The molecule has 29 heavy (non-hydrogen) atoms. The molecule has 0 aliphatic heterocycles. The molecule has 0 radical (unpaired) electrons. The summed E-state index contributed by atoms with van der Waals surface area (Å²) >= 11 is 0. The molecule has 1 aliphatic carbocycles. The second-order valence-corrected chi connectivity index (χ2v) is 7.75. The van der Waals surface area contributed by atoms with Gasteiger partial charge in [0.1, 0.15) is 12.1 Å². The van der Waals surface area contributed by atoms with Crippen molar-refractivity contribution in [3.63, 3.8) is 0 Å². The van der Waals surface area contributed by atoms with Gasteiger partial charge in [-0.2, -0.15) is 14.6 Å². The molecule has 0 amide bonds. The van der Waals surface area contributed by atoms with Gasteiger partial charge in [-0.25, -0.2) is 4.98 Å². The summed E-state index contributed by atoms with van der Waals surface area (Å²) in [4.78, 5) is 22.6. The molecule has 1 aliphatic rings. The fourth-order valence-corrected chi connectivity index (χ4v) is 4.60. The molecule has 1 fully saturated rings. The first kappa shape index (κ1) is 17.8. The third-order valence-corrected chi connectivity index (χ3v) is 6.08. The Morgan fingerprint density at radius 1 is 1.14 bits per heavy atom. The second-order valence-electron chi connectivity index (χ2n) is 7.75. The quantitative estimate of drug-likeness (QED) is 0.532. The normalized spacial score (nSPS) is 19.7. The van der Waals surface area contributed by atoms with Crippen molar-refractivity contribution in [2.75, 3.05) is 7.11 Å². The Balaban J connectivity index is 1.87. The molecule has 5 rings (SSSR count). The van der Waals surface area contributed by atoms with Gasteiger partial charge in [-0.1, -0.05) is 31.9 Å². The van der Waals surface area contributed by atoms with E-state index < -0.39 is 0 Å². The van der Waals surface area contributed by atoms with Gasteiger partial charge in [-0.05, 0) is 37.0 Å². The Labute approximate surface area is 168 Å². The highest BCUT2D eigenvalue weighted by Gasteiger charge is 2.26. The van der Waals surface area contributed by atoms with Crippen LogP contribution in [-0.2, 0) is 0 Å². The maximum atomic E-state index is 13.8. The Hall–Kier alpha value is -3.22. The Kier molecular flexibility index (Phi) is 4.30. The minimum Gasteiger partial charge on any atom is -0.496 e. The molecule has 7 heteroatoms. The third-order valence-electron chi connectivity index (χ3n) is 6.08. The number of nitrogens with zero attached hydrogens (tertiary/aromatic N) is 5. The van der Waals surface area contributed by atoms with Gasteiger partial charge in [-0.15, -0.1) is 0 Å². The van der Waals surface area contributed by atoms with Gasteiger partial charge in [0, 0.05) is 17.8 Å². The zero-order valence-corrected chi connectivity index (χ0v) is 16.6. The first-order chi connectivity index (χ1) is 14.2.